The van der Waals surface area contributed by atoms with Crippen LogP contribution < -0.4 is 28.4 Å². The van der Waals surface area contributed by atoms with Gasteiger partial charge in [0.05, 0.1) is 46.2 Å². The maximum Gasteiger partial charge on any atom is 0.310 e. The summed E-state index contributed by atoms with van der Waals surface area (Å²) < 4.78 is 60.4. The van der Waals surface area contributed by atoms with Gasteiger partial charge >= 0.3 is 5.97 Å². The molecule has 34 heavy (non-hydrogen) atoms. The lowest BCUT2D eigenvalue weighted by molar-refractivity contribution is -0.141. The molecule has 2 aliphatic heterocycles. The first-order valence-electron chi connectivity index (χ1n) is 10.6. The summed E-state index contributed by atoms with van der Waals surface area (Å²) in [6, 6.07) is 6.52. The highest BCUT2D eigenvalue weighted by molar-refractivity contribution is 7.88. The van der Waals surface area contributed by atoms with Gasteiger partial charge in [-0.25, -0.2) is 13.1 Å². The highest BCUT2D eigenvalue weighted by Crippen LogP contribution is 2.55. The van der Waals surface area contributed by atoms with Gasteiger partial charge in [0.25, 0.3) is 0 Å². The summed E-state index contributed by atoms with van der Waals surface area (Å²) in [5, 5.41) is 0. The van der Waals surface area contributed by atoms with E-state index >= 15 is 0 Å². The highest BCUT2D eigenvalue weighted by atomic mass is 32.2. The molecule has 10 nitrogen and oxygen atoms in total. The van der Waals surface area contributed by atoms with Crippen LogP contribution in [0, 0.1) is 11.8 Å². The number of hydrogen-bond acceptors (Lipinski definition) is 9. The second-order valence-electron chi connectivity index (χ2n) is 8.46. The number of ether oxygens (including phenoxy) is 6. The number of sulfonamides is 1. The summed E-state index contributed by atoms with van der Waals surface area (Å²) in [5.41, 5.74) is 2.18. The normalized spacial score (nSPS) is 24.8. The molecule has 0 amide bonds. The molecule has 3 aliphatic rings. The molecule has 4 atom stereocenters. The lowest BCUT2D eigenvalue weighted by Crippen LogP contribution is -2.42. The van der Waals surface area contributed by atoms with Crippen LogP contribution in [0.4, 0.5) is 0 Å². The zero-order valence-corrected chi connectivity index (χ0v) is 19.9. The summed E-state index contributed by atoms with van der Waals surface area (Å²) >= 11 is 0. The fourth-order valence-electron chi connectivity index (χ4n) is 5.23. The number of rotatable bonds is 6. The summed E-state index contributed by atoms with van der Waals surface area (Å²) in [4.78, 5) is 13.0. The first-order chi connectivity index (χ1) is 16.3. The maximum atomic E-state index is 13.0. The summed E-state index contributed by atoms with van der Waals surface area (Å²) in [5.74, 6) is 0.414. The molecule has 1 aliphatic carbocycles. The molecule has 2 aromatic rings. The van der Waals surface area contributed by atoms with Crippen molar-refractivity contribution in [1.82, 2.24) is 4.72 Å². The molecule has 182 valence electrons. The van der Waals surface area contributed by atoms with Crippen molar-refractivity contribution in [2.45, 2.75) is 12.0 Å². The van der Waals surface area contributed by atoms with E-state index in [4.69, 9.17) is 28.4 Å². The molecule has 0 aromatic heterocycles. The predicted molar refractivity (Wildman–Crippen MR) is 119 cm³/mol. The fourth-order valence-corrected chi connectivity index (χ4v) is 5.99. The minimum atomic E-state index is -3.59. The highest BCUT2D eigenvalue weighted by Gasteiger charge is 2.53. The van der Waals surface area contributed by atoms with E-state index in [9.17, 15) is 13.2 Å². The zero-order valence-electron chi connectivity index (χ0n) is 19.1. The lowest BCUT2D eigenvalue weighted by atomic mass is 9.65. The number of cyclic esters (lactones) is 1. The SMILES string of the molecule is COc1cc([C@H]2c3cc4c(cc3[C@H](NS(C)(=O)=O)C3COC(=O)[C@@H]32)OCO4)cc(OC)c1OC. The zero-order chi connectivity index (χ0) is 24.2. The summed E-state index contributed by atoms with van der Waals surface area (Å²) in [7, 11) is 0.963. The number of methoxy groups -OCH3 is 3. The van der Waals surface area contributed by atoms with E-state index < -0.39 is 39.8 Å². The van der Waals surface area contributed by atoms with Crippen LogP contribution in [0.5, 0.6) is 28.7 Å². The van der Waals surface area contributed by atoms with E-state index in [0.29, 0.717) is 34.3 Å². The lowest BCUT2D eigenvalue weighted by Gasteiger charge is -2.39. The average Bonchev–Trinajstić information content (AvgIpc) is 3.42. The van der Waals surface area contributed by atoms with Crippen molar-refractivity contribution in [3.8, 4) is 28.7 Å². The van der Waals surface area contributed by atoms with Gasteiger partial charge in [-0.15, -0.1) is 0 Å². The quantitative estimate of drug-likeness (QED) is 0.605. The van der Waals surface area contributed by atoms with E-state index in [1.165, 1.54) is 21.3 Å². The topological polar surface area (TPSA) is 119 Å². The van der Waals surface area contributed by atoms with Gasteiger partial charge < -0.3 is 28.4 Å². The Labute approximate surface area is 197 Å². The van der Waals surface area contributed by atoms with Gasteiger partial charge in [-0.3, -0.25) is 4.79 Å². The number of esters is 1. The molecule has 0 radical (unpaired) electrons. The third-order valence-corrected chi connectivity index (χ3v) is 7.26. The monoisotopic (exact) mass is 491 g/mol. The van der Waals surface area contributed by atoms with Gasteiger partial charge in [-0.2, -0.15) is 0 Å². The molecule has 11 heteroatoms. The number of benzene rings is 2. The number of fused-ring (bicyclic) bond motifs is 3. The number of hydrogen-bond donors (Lipinski definition) is 1. The molecule has 2 heterocycles. The fraction of sp³-hybridized carbons (Fsp3) is 0.435. The molecule has 1 saturated heterocycles. The van der Waals surface area contributed by atoms with Crippen LogP contribution in [0.25, 0.3) is 0 Å². The van der Waals surface area contributed by atoms with Crippen LogP contribution in [-0.4, -0.2) is 55.4 Å². The molecule has 0 spiro atoms. The molecule has 2 aromatic carbocycles. The van der Waals surface area contributed by atoms with Crippen LogP contribution in [0.15, 0.2) is 24.3 Å². The molecule has 5 rings (SSSR count). The van der Waals surface area contributed by atoms with Gasteiger partial charge in [-0.05, 0) is 41.0 Å². The number of nitrogens with one attached hydrogen (secondary N) is 1. The molecular formula is C23H25NO9S. The van der Waals surface area contributed by atoms with Gasteiger partial charge in [0.2, 0.25) is 22.6 Å². The third-order valence-electron chi connectivity index (χ3n) is 6.57. The average molecular weight is 492 g/mol. The van der Waals surface area contributed by atoms with Crippen molar-refractivity contribution in [3.63, 3.8) is 0 Å². The second kappa shape index (κ2) is 8.24. The standard InChI is InChI=1S/C23H25NO9S/c1-28-17-5-11(6-18(29-2)22(17)30-3)19-12-7-15-16(33-10-32-15)8-13(12)21(24-34(4,26)27)14-9-31-23(25)20(14)19/h5-8,14,19-21,24H,9-10H2,1-4H3/t14?,19-,20-,21-/m0/s1. The van der Waals surface area contributed by atoms with Gasteiger partial charge in [-0.1, -0.05) is 0 Å². The Kier molecular flexibility index (Phi) is 5.48. The largest absolute Gasteiger partial charge is 0.493 e. The van der Waals surface area contributed by atoms with Crippen LogP contribution >= 0.6 is 0 Å². The van der Waals surface area contributed by atoms with E-state index in [-0.39, 0.29) is 13.4 Å². The third kappa shape index (κ3) is 3.59. The van der Waals surface area contributed by atoms with Gasteiger partial charge in [0.1, 0.15) is 0 Å². The van der Waals surface area contributed by atoms with Crippen molar-refractivity contribution >= 4 is 16.0 Å². The molecular weight excluding hydrogens is 466 g/mol. The van der Waals surface area contributed by atoms with Gasteiger partial charge in [0, 0.05) is 11.8 Å². The Morgan fingerprint density at radius 1 is 0.912 bits per heavy atom. The Morgan fingerprint density at radius 3 is 2.09 bits per heavy atom. The van der Waals surface area contributed by atoms with Crippen LogP contribution in [0.3, 0.4) is 0 Å². The van der Waals surface area contributed by atoms with Crippen molar-refractivity contribution < 1.29 is 41.6 Å². The minimum Gasteiger partial charge on any atom is -0.493 e. The van der Waals surface area contributed by atoms with Crippen LogP contribution in [0.2, 0.25) is 0 Å². The van der Waals surface area contributed by atoms with Crippen molar-refractivity contribution in [2.75, 3.05) is 41.0 Å². The molecule has 0 saturated carbocycles. The molecule has 1 N–H and O–H groups in total. The number of carbonyl (C=O) groups is 1. The first kappa shape index (κ1) is 22.6. The Hall–Kier alpha value is -3.18. The van der Waals surface area contributed by atoms with Crippen molar-refractivity contribution in [1.29, 1.82) is 0 Å². The molecule has 0 bridgehead atoms. The second-order valence-corrected chi connectivity index (χ2v) is 10.2. The predicted octanol–water partition coefficient (Wildman–Crippen LogP) is 1.97. The smallest absolute Gasteiger partial charge is 0.310 e. The molecule has 1 unspecified atom stereocenters. The minimum absolute atomic E-state index is 0.0617. The van der Waals surface area contributed by atoms with E-state index in [1.807, 2.05) is 6.07 Å². The summed E-state index contributed by atoms with van der Waals surface area (Å²) in [6.07, 6.45) is 1.09. The van der Waals surface area contributed by atoms with E-state index in [0.717, 1.165) is 17.4 Å². The first-order valence-corrected chi connectivity index (χ1v) is 12.5. The summed E-state index contributed by atoms with van der Waals surface area (Å²) in [6.45, 7) is 0.150. The van der Waals surface area contributed by atoms with Crippen molar-refractivity contribution in [2.24, 2.45) is 11.8 Å². The van der Waals surface area contributed by atoms with Crippen molar-refractivity contribution in [3.05, 3.63) is 41.0 Å². The Balaban J connectivity index is 1.76. The van der Waals surface area contributed by atoms with Crippen LogP contribution in [0.1, 0.15) is 28.7 Å². The maximum absolute atomic E-state index is 13.0. The van der Waals surface area contributed by atoms with Crippen LogP contribution in [-0.2, 0) is 19.6 Å². The Morgan fingerprint density at radius 2 is 1.53 bits per heavy atom. The Bertz CT molecular complexity index is 1230. The molecule has 1 fully saturated rings. The van der Waals surface area contributed by atoms with E-state index in [2.05, 4.69) is 4.72 Å². The number of carbonyl (C=O) groups excluding carboxylic acids is 1. The van der Waals surface area contributed by atoms with Gasteiger partial charge in [0.15, 0.2) is 23.0 Å². The van der Waals surface area contributed by atoms with E-state index in [1.54, 1.807) is 18.2 Å².